The fourth-order valence-electron chi connectivity index (χ4n) is 2.10. The SMILES string of the molecule is O=C(Nc1cccc(CO)c1)c1cccc(-c2ncn[nH]2)c1. The molecule has 0 aliphatic carbocycles. The summed E-state index contributed by atoms with van der Waals surface area (Å²) in [5, 5.41) is 18.5. The molecule has 1 amide bonds. The summed E-state index contributed by atoms with van der Waals surface area (Å²) in [5.41, 5.74) is 2.69. The first kappa shape index (κ1) is 14.0. The molecule has 2 aromatic carbocycles. The summed E-state index contributed by atoms with van der Waals surface area (Å²) in [4.78, 5) is 16.4. The van der Waals surface area contributed by atoms with E-state index in [0.29, 0.717) is 17.1 Å². The lowest BCUT2D eigenvalue weighted by Crippen LogP contribution is -2.12. The van der Waals surface area contributed by atoms with E-state index in [-0.39, 0.29) is 12.5 Å². The highest BCUT2D eigenvalue weighted by molar-refractivity contribution is 6.04. The first-order valence-corrected chi connectivity index (χ1v) is 6.73. The van der Waals surface area contributed by atoms with Crippen LogP contribution in [0.5, 0.6) is 0 Å². The third kappa shape index (κ3) is 3.02. The van der Waals surface area contributed by atoms with Crippen molar-refractivity contribution in [3.63, 3.8) is 0 Å². The number of hydrogen-bond donors (Lipinski definition) is 3. The number of rotatable bonds is 4. The van der Waals surface area contributed by atoms with Crippen LogP contribution in [-0.2, 0) is 6.61 Å². The van der Waals surface area contributed by atoms with Crippen LogP contribution in [0, 0.1) is 0 Å². The van der Waals surface area contributed by atoms with Gasteiger partial charge in [-0.25, -0.2) is 4.98 Å². The molecule has 0 atom stereocenters. The van der Waals surface area contributed by atoms with Gasteiger partial charge in [0.1, 0.15) is 6.33 Å². The van der Waals surface area contributed by atoms with E-state index in [9.17, 15) is 4.79 Å². The van der Waals surface area contributed by atoms with Gasteiger partial charge in [0.15, 0.2) is 5.82 Å². The van der Waals surface area contributed by atoms with E-state index in [0.717, 1.165) is 11.1 Å². The molecule has 6 nitrogen and oxygen atoms in total. The summed E-state index contributed by atoms with van der Waals surface area (Å²) in [7, 11) is 0. The van der Waals surface area contributed by atoms with Crippen molar-refractivity contribution < 1.29 is 9.90 Å². The standard InChI is InChI=1S/C16H14N4O2/c21-9-11-3-1-6-14(7-11)19-16(22)13-5-2-4-12(8-13)15-17-10-18-20-15/h1-8,10,21H,9H2,(H,19,22)(H,17,18,20). The normalized spacial score (nSPS) is 10.4. The maximum atomic E-state index is 12.3. The number of benzene rings is 2. The Labute approximate surface area is 126 Å². The van der Waals surface area contributed by atoms with Gasteiger partial charge in [-0.15, -0.1) is 0 Å². The Bertz CT molecular complexity index is 784. The van der Waals surface area contributed by atoms with E-state index in [1.165, 1.54) is 6.33 Å². The number of H-pyrrole nitrogens is 1. The van der Waals surface area contributed by atoms with E-state index in [1.807, 2.05) is 6.07 Å². The van der Waals surface area contributed by atoms with Gasteiger partial charge in [-0.05, 0) is 29.8 Å². The molecule has 3 N–H and O–H groups in total. The highest BCUT2D eigenvalue weighted by atomic mass is 16.3. The number of aromatic amines is 1. The van der Waals surface area contributed by atoms with Crippen molar-refractivity contribution in [2.45, 2.75) is 6.61 Å². The number of aliphatic hydroxyl groups excluding tert-OH is 1. The molecule has 3 rings (SSSR count). The monoisotopic (exact) mass is 294 g/mol. The van der Waals surface area contributed by atoms with Gasteiger partial charge in [-0.3, -0.25) is 9.89 Å². The van der Waals surface area contributed by atoms with E-state index in [2.05, 4.69) is 20.5 Å². The zero-order chi connectivity index (χ0) is 15.4. The van der Waals surface area contributed by atoms with Crippen molar-refractivity contribution >= 4 is 11.6 Å². The quantitative estimate of drug-likeness (QED) is 0.688. The molecule has 0 fully saturated rings. The van der Waals surface area contributed by atoms with Crippen LogP contribution in [-0.4, -0.2) is 26.2 Å². The Balaban J connectivity index is 1.81. The lowest BCUT2D eigenvalue weighted by molar-refractivity contribution is 0.102. The number of carbonyl (C=O) groups is 1. The largest absolute Gasteiger partial charge is 0.392 e. The highest BCUT2D eigenvalue weighted by Gasteiger charge is 2.09. The number of anilines is 1. The third-order valence-corrected chi connectivity index (χ3v) is 3.18. The molecule has 6 heteroatoms. The molecule has 0 unspecified atom stereocenters. The van der Waals surface area contributed by atoms with E-state index in [4.69, 9.17) is 5.11 Å². The molecule has 0 spiro atoms. The molecular formula is C16H14N4O2. The summed E-state index contributed by atoms with van der Waals surface area (Å²) < 4.78 is 0. The number of nitrogens with one attached hydrogen (secondary N) is 2. The predicted molar refractivity (Wildman–Crippen MR) is 82.1 cm³/mol. The van der Waals surface area contributed by atoms with Crippen LogP contribution >= 0.6 is 0 Å². The average Bonchev–Trinajstić information content (AvgIpc) is 3.09. The second-order valence-corrected chi connectivity index (χ2v) is 4.73. The minimum absolute atomic E-state index is 0.0648. The maximum Gasteiger partial charge on any atom is 0.255 e. The van der Waals surface area contributed by atoms with Crippen LogP contribution in [0.3, 0.4) is 0 Å². The third-order valence-electron chi connectivity index (χ3n) is 3.18. The second-order valence-electron chi connectivity index (χ2n) is 4.73. The van der Waals surface area contributed by atoms with Gasteiger partial charge < -0.3 is 10.4 Å². The Morgan fingerprint density at radius 2 is 2.05 bits per heavy atom. The fourth-order valence-corrected chi connectivity index (χ4v) is 2.10. The Morgan fingerprint density at radius 3 is 2.82 bits per heavy atom. The molecular weight excluding hydrogens is 280 g/mol. The molecule has 110 valence electrons. The summed E-state index contributed by atoms with van der Waals surface area (Å²) in [6.45, 7) is -0.0648. The maximum absolute atomic E-state index is 12.3. The number of nitrogens with zero attached hydrogens (tertiary/aromatic N) is 2. The van der Waals surface area contributed by atoms with Crippen LogP contribution in [0.25, 0.3) is 11.4 Å². The molecule has 0 aliphatic heterocycles. The van der Waals surface area contributed by atoms with Crippen LogP contribution < -0.4 is 5.32 Å². The zero-order valence-electron chi connectivity index (χ0n) is 11.7. The second kappa shape index (κ2) is 6.19. The summed E-state index contributed by atoms with van der Waals surface area (Å²) in [6.07, 6.45) is 1.42. The average molecular weight is 294 g/mol. The van der Waals surface area contributed by atoms with Gasteiger partial charge in [0.2, 0.25) is 0 Å². The zero-order valence-corrected chi connectivity index (χ0v) is 11.7. The molecule has 0 bridgehead atoms. The molecule has 0 saturated carbocycles. The molecule has 1 heterocycles. The topological polar surface area (TPSA) is 90.9 Å². The minimum atomic E-state index is -0.226. The number of amides is 1. The molecule has 3 aromatic rings. The predicted octanol–water partition coefficient (Wildman–Crippen LogP) is 2.22. The van der Waals surface area contributed by atoms with Gasteiger partial charge in [0.05, 0.1) is 6.61 Å². The van der Waals surface area contributed by atoms with Crippen LogP contribution in [0.1, 0.15) is 15.9 Å². The van der Waals surface area contributed by atoms with Crippen molar-refractivity contribution in [2.75, 3.05) is 5.32 Å². The fraction of sp³-hybridized carbons (Fsp3) is 0.0625. The van der Waals surface area contributed by atoms with Crippen LogP contribution in [0.15, 0.2) is 54.9 Å². The Kier molecular flexibility index (Phi) is 3.93. The lowest BCUT2D eigenvalue weighted by Gasteiger charge is -2.07. The summed E-state index contributed by atoms with van der Waals surface area (Å²) in [6, 6.07) is 14.2. The van der Waals surface area contributed by atoms with Gasteiger partial charge in [0, 0.05) is 16.8 Å². The number of carbonyl (C=O) groups excluding carboxylic acids is 1. The van der Waals surface area contributed by atoms with Crippen LogP contribution in [0.4, 0.5) is 5.69 Å². The molecule has 0 aliphatic rings. The molecule has 1 aromatic heterocycles. The van der Waals surface area contributed by atoms with Crippen LogP contribution in [0.2, 0.25) is 0 Å². The number of aromatic nitrogens is 3. The number of hydrogen-bond acceptors (Lipinski definition) is 4. The van der Waals surface area contributed by atoms with Crippen molar-refractivity contribution in [2.24, 2.45) is 0 Å². The van der Waals surface area contributed by atoms with Crippen molar-refractivity contribution in [1.29, 1.82) is 0 Å². The Morgan fingerprint density at radius 1 is 1.18 bits per heavy atom. The van der Waals surface area contributed by atoms with Crippen molar-refractivity contribution in [1.82, 2.24) is 15.2 Å². The summed E-state index contributed by atoms with van der Waals surface area (Å²) in [5.74, 6) is 0.383. The summed E-state index contributed by atoms with van der Waals surface area (Å²) >= 11 is 0. The molecule has 0 radical (unpaired) electrons. The smallest absolute Gasteiger partial charge is 0.255 e. The van der Waals surface area contributed by atoms with Gasteiger partial charge in [0.25, 0.3) is 5.91 Å². The first-order chi connectivity index (χ1) is 10.8. The number of aliphatic hydroxyl groups is 1. The van der Waals surface area contributed by atoms with E-state index >= 15 is 0 Å². The molecule has 22 heavy (non-hydrogen) atoms. The Hall–Kier alpha value is -2.99. The highest BCUT2D eigenvalue weighted by Crippen LogP contribution is 2.17. The van der Waals surface area contributed by atoms with E-state index in [1.54, 1.807) is 42.5 Å². The molecule has 0 saturated heterocycles. The first-order valence-electron chi connectivity index (χ1n) is 6.73. The minimum Gasteiger partial charge on any atom is -0.392 e. The van der Waals surface area contributed by atoms with Gasteiger partial charge >= 0.3 is 0 Å². The van der Waals surface area contributed by atoms with Gasteiger partial charge in [-0.1, -0.05) is 24.3 Å². The van der Waals surface area contributed by atoms with Gasteiger partial charge in [-0.2, -0.15) is 5.10 Å². The lowest BCUT2D eigenvalue weighted by atomic mass is 10.1. The van der Waals surface area contributed by atoms with Crippen molar-refractivity contribution in [3.8, 4) is 11.4 Å². The van der Waals surface area contributed by atoms with E-state index < -0.39 is 0 Å². The van der Waals surface area contributed by atoms with Crippen molar-refractivity contribution in [3.05, 3.63) is 66.0 Å².